The Morgan fingerprint density at radius 1 is 0.585 bits per heavy atom. The van der Waals surface area contributed by atoms with E-state index in [0.717, 1.165) is 13.1 Å². The lowest BCUT2D eigenvalue weighted by atomic mass is 9.80. The van der Waals surface area contributed by atoms with E-state index in [1.54, 1.807) is 0 Å². The first-order valence-electron chi connectivity index (χ1n) is 14.5. The van der Waals surface area contributed by atoms with Gasteiger partial charge in [-0.3, -0.25) is 0 Å². The molecule has 1 heterocycles. The molecule has 0 saturated carbocycles. The van der Waals surface area contributed by atoms with Crippen LogP contribution in [0.1, 0.15) is 36.1 Å². The summed E-state index contributed by atoms with van der Waals surface area (Å²) in [5.74, 6) is 0. The molecule has 2 heteroatoms. The fourth-order valence-electron chi connectivity index (χ4n) is 7.17. The molecule has 0 aliphatic heterocycles. The van der Waals surface area contributed by atoms with Crippen molar-refractivity contribution in [3.63, 3.8) is 0 Å². The van der Waals surface area contributed by atoms with Gasteiger partial charge < -0.3 is 9.88 Å². The Bertz CT molecular complexity index is 2080. The van der Waals surface area contributed by atoms with Crippen LogP contribution in [-0.2, 0) is 18.5 Å². The number of nitrogens with one attached hydrogen (secondary N) is 1. The Hall–Kier alpha value is -4.66. The first-order chi connectivity index (χ1) is 20.1. The highest BCUT2D eigenvalue weighted by Crippen LogP contribution is 2.56. The quantitative estimate of drug-likeness (QED) is 0.235. The van der Waals surface area contributed by atoms with Crippen LogP contribution in [0, 0.1) is 0 Å². The summed E-state index contributed by atoms with van der Waals surface area (Å²) in [6.45, 7) is 6.50. The van der Waals surface area contributed by atoms with Gasteiger partial charge in [-0.05, 0) is 62.4 Å². The third-order valence-electron chi connectivity index (χ3n) is 9.02. The van der Waals surface area contributed by atoms with Crippen LogP contribution in [-0.4, -0.2) is 4.57 Å². The molecule has 0 atom stereocenters. The summed E-state index contributed by atoms with van der Waals surface area (Å²) in [7, 11) is 0. The Morgan fingerprint density at radius 3 is 1.98 bits per heavy atom. The maximum Gasteiger partial charge on any atom is 0.0594 e. The lowest BCUT2D eigenvalue weighted by Gasteiger charge is -2.24. The molecule has 0 fully saturated rings. The number of para-hydroxylation sites is 1. The van der Waals surface area contributed by atoms with Crippen molar-refractivity contribution < 1.29 is 0 Å². The number of nitrogens with zero attached hydrogens (tertiary/aromatic N) is 1. The Kier molecular flexibility index (Phi) is 5.42. The largest absolute Gasteiger partial charge is 0.309 e. The second-order valence-corrected chi connectivity index (χ2v) is 11.8. The molecule has 41 heavy (non-hydrogen) atoms. The molecule has 1 N–H and O–H groups in total. The van der Waals surface area contributed by atoms with Crippen LogP contribution >= 0.6 is 0 Å². The summed E-state index contributed by atoms with van der Waals surface area (Å²) in [6, 6.07) is 46.6. The van der Waals surface area contributed by atoms with Gasteiger partial charge in [-0.2, -0.15) is 0 Å². The third-order valence-corrected chi connectivity index (χ3v) is 9.02. The molecular formula is C39H32N2. The van der Waals surface area contributed by atoms with Gasteiger partial charge in [0.1, 0.15) is 0 Å². The molecule has 1 aliphatic rings. The monoisotopic (exact) mass is 528 g/mol. The SMILES string of the molecule is CC1(C)c2ccccc2-c2c1c1c(c3ccccc23)c2ccccc2n1-c1ccc(CNCc2ccccc2)cc1. The second-order valence-electron chi connectivity index (χ2n) is 11.8. The Balaban J connectivity index is 1.35. The molecule has 8 rings (SSSR count). The van der Waals surface area contributed by atoms with E-state index in [1.807, 2.05) is 0 Å². The van der Waals surface area contributed by atoms with E-state index in [0.29, 0.717) is 0 Å². The van der Waals surface area contributed by atoms with E-state index in [2.05, 4.69) is 151 Å². The first-order valence-corrected chi connectivity index (χ1v) is 14.5. The van der Waals surface area contributed by atoms with Crippen molar-refractivity contribution in [1.82, 2.24) is 9.88 Å². The van der Waals surface area contributed by atoms with Crippen molar-refractivity contribution >= 4 is 32.6 Å². The van der Waals surface area contributed by atoms with Crippen LogP contribution in [0.4, 0.5) is 0 Å². The standard InChI is InChI=1S/C39H32N2/c1-39(2)33-18-10-8-16-31(33)35-29-14-6-7-15-30(29)36-32-17-9-11-19-34(32)41(38(36)37(35)39)28-22-20-27(21-23-28)25-40-24-26-12-4-3-5-13-26/h3-23,40H,24-25H2,1-2H3. The molecule has 0 saturated heterocycles. The van der Waals surface area contributed by atoms with Crippen molar-refractivity contribution in [1.29, 1.82) is 0 Å². The van der Waals surface area contributed by atoms with Gasteiger partial charge in [-0.1, -0.05) is 123 Å². The topological polar surface area (TPSA) is 17.0 Å². The fraction of sp³-hybridized carbons (Fsp3) is 0.128. The number of rotatable bonds is 5. The minimum atomic E-state index is -0.123. The van der Waals surface area contributed by atoms with Crippen molar-refractivity contribution in [3.8, 4) is 16.8 Å². The van der Waals surface area contributed by atoms with Gasteiger partial charge in [0.15, 0.2) is 0 Å². The van der Waals surface area contributed by atoms with Crippen molar-refractivity contribution in [2.75, 3.05) is 0 Å². The van der Waals surface area contributed by atoms with E-state index in [4.69, 9.17) is 0 Å². The average Bonchev–Trinajstić information content (AvgIpc) is 3.48. The van der Waals surface area contributed by atoms with Crippen LogP contribution in [0.2, 0.25) is 0 Å². The normalized spacial score (nSPS) is 13.6. The Morgan fingerprint density at radius 2 is 1.20 bits per heavy atom. The van der Waals surface area contributed by atoms with Crippen molar-refractivity contribution in [3.05, 3.63) is 150 Å². The fourth-order valence-corrected chi connectivity index (χ4v) is 7.17. The zero-order valence-electron chi connectivity index (χ0n) is 23.5. The van der Waals surface area contributed by atoms with E-state index < -0.39 is 0 Å². The molecular weight excluding hydrogens is 496 g/mol. The number of aromatic nitrogens is 1. The molecule has 2 nitrogen and oxygen atoms in total. The second kappa shape index (κ2) is 9.19. The molecule has 6 aromatic carbocycles. The predicted octanol–water partition coefficient (Wildman–Crippen LogP) is 9.53. The maximum atomic E-state index is 3.60. The third kappa shape index (κ3) is 3.61. The smallest absolute Gasteiger partial charge is 0.0594 e. The summed E-state index contributed by atoms with van der Waals surface area (Å²) in [6.07, 6.45) is 0. The molecule has 0 bridgehead atoms. The lowest BCUT2D eigenvalue weighted by Crippen LogP contribution is -2.16. The van der Waals surface area contributed by atoms with Crippen molar-refractivity contribution in [2.24, 2.45) is 0 Å². The predicted molar refractivity (Wildman–Crippen MR) is 173 cm³/mol. The summed E-state index contributed by atoms with van der Waals surface area (Å²) < 4.78 is 2.52. The van der Waals surface area contributed by atoms with Gasteiger partial charge in [-0.15, -0.1) is 0 Å². The van der Waals surface area contributed by atoms with Crippen LogP contribution in [0.5, 0.6) is 0 Å². The average molecular weight is 529 g/mol. The number of benzene rings is 6. The summed E-state index contributed by atoms with van der Waals surface area (Å²) >= 11 is 0. The molecule has 0 amide bonds. The molecule has 198 valence electrons. The first kappa shape index (κ1) is 24.2. The van der Waals surface area contributed by atoms with E-state index in [9.17, 15) is 0 Å². The maximum absolute atomic E-state index is 3.60. The number of hydrogen-bond donors (Lipinski definition) is 1. The van der Waals surface area contributed by atoms with Gasteiger partial charge in [-0.25, -0.2) is 0 Å². The van der Waals surface area contributed by atoms with Gasteiger partial charge >= 0.3 is 0 Å². The molecule has 7 aromatic rings. The van der Waals surface area contributed by atoms with Crippen LogP contribution in [0.25, 0.3) is 49.4 Å². The van der Waals surface area contributed by atoms with Crippen LogP contribution < -0.4 is 5.32 Å². The molecule has 1 aromatic heterocycles. The zero-order chi connectivity index (χ0) is 27.6. The lowest BCUT2D eigenvalue weighted by molar-refractivity contribution is 0.664. The highest BCUT2D eigenvalue weighted by atomic mass is 15.0. The van der Waals surface area contributed by atoms with E-state index in [1.165, 1.54) is 71.6 Å². The Labute approximate surface area is 240 Å². The van der Waals surface area contributed by atoms with Gasteiger partial charge in [0.05, 0.1) is 11.0 Å². The molecule has 0 unspecified atom stereocenters. The highest BCUT2D eigenvalue weighted by molar-refractivity contribution is 6.26. The highest BCUT2D eigenvalue weighted by Gasteiger charge is 2.40. The molecule has 1 aliphatic carbocycles. The van der Waals surface area contributed by atoms with Crippen molar-refractivity contribution in [2.45, 2.75) is 32.4 Å². The van der Waals surface area contributed by atoms with E-state index in [-0.39, 0.29) is 5.41 Å². The summed E-state index contributed by atoms with van der Waals surface area (Å²) in [5.41, 5.74) is 11.8. The number of fused-ring (bicyclic) bond motifs is 10. The van der Waals surface area contributed by atoms with Gasteiger partial charge in [0.25, 0.3) is 0 Å². The zero-order valence-corrected chi connectivity index (χ0v) is 23.5. The minimum Gasteiger partial charge on any atom is -0.309 e. The van der Waals surface area contributed by atoms with Crippen LogP contribution in [0.15, 0.2) is 127 Å². The molecule has 0 spiro atoms. The minimum absolute atomic E-state index is 0.123. The van der Waals surface area contributed by atoms with E-state index >= 15 is 0 Å². The number of hydrogen-bond acceptors (Lipinski definition) is 1. The van der Waals surface area contributed by atoms with Crippen LogP contribution in [0.3, 0.4) is 0 Å². The van der Waals surface area contributed by atoms with Gasteiger partial charge in [0, 0.05) is 35.0 Å². The summed E-state index contributed by atoms with van der Waals surface area (Å²) in [5, 5.41) is 8.93. The molecule has 0 radical (unpaired) electrons. The summed E-state index contributed by atoms with van der Waals surface area (Å²) in [4.78, 5) is 0. The van der Waals surface area contributed by atoms with Gasteiger partial charge in [0.2, 0.25) is 0 Å².